The average molecular weight is 381 g/mol. The van der Waals surface area contributed by atoms with Gasteiger partial charge in [0, 0.05) is 39.3 Å². The summed E-state index contributed by atoms with van der Waals surface area (Å²) in [7, 11) is 0. The predicted octanol–water partition coefficient (Wildman–Crippen LogP) is 1.39. The first-order chi connectivity index (χ1) is 13.7. The van der Waals surface area contributed by atoms with Gasteiger partial charge in [0.1, 0.15) is 0 Å². The predicted molar refractivity (Wildman–Crippen MR) is 108 cm³/mol. The van der Waals surface area contributed by atoms with Crippen LogP contribution in [-0.2, 0) is 20.7 Å². The maximum absolute atomic E-state index is 12.8. The van der Waals surface area contributed by atoms with Crippen molar-refractivity contribution >= 4 is 22.6 Å². The molecule has 2 amide bonds. The molecule has 4 rings (SSSR count). The summed E-state index contributed by atoms with van der Waals surface area (Å²) in [6.45, 7) is 5.93. The van der Waals surface area contributed by atoms with E-state index in [2.05, 4.69) is 23.1 Å². The largest absolute Gasteiger partial charge is 0.379 e. The summed E-state index contributed by atoms with van der Waals surface area (Å²) in [6.07, 6.45) is 0.406. The van der Waals surface area contributed by atoms with Gasteiger partial charge in [0.05, 0.1) is 26.2 Å². The lowest BCUT2D eigenvalue weighted by molar-refractivity contribution is -0.140. The third-order valence-corrected chi connectivity index (χ3v) is 5.67. The van der Waals surface area contributed by atoms with Crippen molar-refractivity contribution in [3.8, 4) is 0 Å². The second-order valence-corrected chi connectivity index (χ2v) is 7.47. The van der Waals surface area contributed by atoms with Crippen LogP contribution in [0.25, 0.3) is 10.8 Å². The normalized spacial score (nSPS) is 18.4. The first-order valence-electron chi connectivity index (χ1n) is 10.0. The molecule has 2 aromatic carbocycles. The molecule has 0 aromatic heterocycles. The zero-order valence-electron chi connectivity index (χ0n) is 16.2. The van der Waals surface area contributed by atoms with Crippen LogP contribution in [0.15, 0.2) is 42.5 Å². The number of carbonyl (C=O) groups is 2. The zero-order chi connectivity index (χ0) is 19.3. The molecule has 0 bridgehead atoms. The number of piperazine rings is 1. The number of ether oxygens (including phenoxy) is 1. The van der Waals surface area contributed by atoms with Crippen molar-refractivity contribution in [3.63, 3.8) is 0 Å². The Morgan fingerprint density at radius 1 is 0.786 bits per heavy atom. The van der Waals surface area contributed by atoms with Crippen molar-refractivity contribution in [2.75, 3.05) is 59.0 Å². The van der Waals surface area contributed by atoms with Crippen LogP contribution in [-0.4, -0.2) is 85.5 Å². The molecule has 0 spiro atoms. The second kappa shape index (κ2) is 8.71. The second-order valence-electron chi connectivity index (χ2n) is 7.47. The number of benzene rings is 2. The summed E-state index contributed by atoms with van der Waals surface area (Å²) in [5.74, 6) is 0.291. The fourth-order valence-electron chi connectivity index (χ4n) is 3.98. The van der Waals surface area contributed by atoms with Crippen LogP contribution in [0.5, 0.6) is 0 Å². The van der Waals surface area contributed by atoms with Gasteiger partial charge in [0.2, 0.25) is 11.8 Å². The van der Waals surface area contributed by atoms with Gasteiger partial charge >= 0.3 is 0 Å². The highest BCUT2D eigenvalue weighted by atomic mass is 16.5. The minimum absolute atomic E-state index is 0.136. The highest BCUT2D eigenvalue weighted by molar-refractivity contribution is 5.90. The van der Waals surface area contributed by atoms with Gasteiger partial charge in [-0.1, -0.05) is 42.5 Å². The van der Waals surface area contributed by atoms with Gasteiger partial charge in [-0.05, 0) is 16.3 Å². The van der Waals surface area contributed by atoms with Gasteiger partial charge in [0.15, 0.2) is 0 Å². The number of morpholine rings is 1. The van der Waals surface area contributed by atoms with E-state index in [9.17, 15) is 9.59 Å². The van der Waals surface area contributed by atoms with Crippen molar-refractivity contribution < 1.29 is 14.3 Å². The number of hydrogen-bond acceptors (Lipinski definition) is 4. The van der Waals surface area contributed by atoms with Crippen LogP contribution in [0.3, 0.4) is 0 Å². The van der Waals surface area contributed by atoms with E-state index in [1.165, 1.54) is 0 Å². The molecule has 6 nitrogen and oxygen atoms in total. The molecule has 2 aromatic rings. The molecule has 2 aliphatic heterocycles. The summed E-state index contributed by atoms with van der Waals surface area (Å²) >= 11 is 0. The number of nitrogens with zero attached hydrogens (tertiary/aromatic N) is 3. The molecule has 0 atom stereocenters. The van der Waals surface area contributed by atoms with Crippen LogP contribution in [0, 0.1) is 0 Å². The Morgan fingerprint density at radius 2 is 1.43 bits per heavy atom. The minimum atomic E-state index is 0.136. The average Bonchev–Trinajstić information content (AvgIpc) is 2.75. The smallest absolute Gasteiger partial charge is 0.236 e. The fraction of sp³-hybridized carbons (Fsp3) is 0.455. The van der Waals surface area contributed by atoms with Crippen LogP contribution in [0.4, 0.5) is 0 Å². The van der Waals surface area contributed by atoms with E-state index >= 15 is 0 Å². The first-order valence-corrected chi connectivity index (χ1v) is 10.0. The monoisotopic (exact) mass is 381 g/mol. The lowest BCUT2D eigenvalue weighted by Gasteiger charge is -2.36. The zero-order valence-corrected chi connectivity index (χ0v) is 16.2. The highest BCUT2D eigenvalue weighted by Crippen LogP contribution is 2.19. The molecule has 6 heteroatoms. The molecular weight excluding hydrogens is 354 g/mol. The molecule has 2 aliphatic rings. The maximum Gasteiger partial charge on any atom is 0.236 e. The molecule has 0 unspecified atom stereocenters. The summed E-state index contributed by atoms with van der Waals surface area (Å²) in [5, 5.41) is 2.30. The summed E-state index contributed by atoms with van der Waals surface area (Å²) in [6, 6.07) is 14.3. The molecule has 0 saturated carbocycles. The molecule has 0 aliphatic carbocycles. The molecule has 2 fully saturated rings. The van der Waals surface area contributed by atoms with E-state index in [-0.39, 0.29) is 11.8 Å². The van der Waals surface area contributed by atoms with E-state index in [4.69, 9.17) is 4.74 Å². The lowest BCUT2D eigenvalue weighted by atomic mass is 10.0. The van der Waals surface area contributed by atoms with Gasteiger partial charge in [-0.25, -0.2) is 0 Å². The Hall–Kier alpha value is -2.44. The number of rotatable bonds is 4. The van der Waals surface area contributed by atoms with Crippen LogP contribution < -0.4 is 0 Å². The first kappa shape index (κ1) is 18.9. The van der Waals surface area contributed by atoms with Crippen molar-refractivity contribution in [2.24, 2.45) is 0 Å². The summed E-state index contributed by atoms with van der Waals surface area (Å²) < 4.78 is 5.33. The molecule has 0 radical (unpaired) electrons. The molecule has 28 heavy (non-hydrogen) atoms. The van der Waals surface area contributed by atoms with E-state index < -0.39 is 0 Å². The molecule has 2 heterocycles. The Kier molecular flexibility index (Phi) is 5.88. The number of fused-ring (bicyclic) bond motifs is 1. The maximum atomic E-state index is 12.8. The Labute approximate surface area is 165 Å². The number of carbonyl (C=O) groups excluding carboxylic acids is 2. The Morgan fingerprint density at radius 3 is 2.18 bits per heavy atom. The van der Waals surface area contributed by atoms with Gasteiger partial charge < -0.3 is 14.5 Å². The topological polar surface area (TPSA) is 53.1 Å². The van der Waals surface area contributed by atoms with Crippen LogP contribution in [0.2, 0.25) is 0 Å². The third kappa shape index (κ3) is 4.34. The molecule has 148 valence electrons. The van der Waals surface area contributed by atoms with Crippen molar-refractivity contribution in [1.29, 1.82) is 0 Å². The van der Waals surface area contributed by atoms with E-state index in [0.29, 0.717) is 52.4 Å². The Balaban J connectivity index is 1.30. The minimum Gasteiger partial charge on any atom is -0.379 e. The van der Waals surface area contributed by atoms with Gasteiger partial charge in [-0.3, -0.25) is 14.5 Å². The fourth-order valence-corrected chi connectivity index (χ4v) is 3.98. The van der Waals surface area contributed by atoms with Crippen molar-refractivity contribution in [2.45, 2.75) is 6.42 Å². The SMILES string of the molecule is O=C(Cc1cccc2ccccc12)N1CCN(C(=O)CN2CCOCC2)CC1. The van der Waals surface area contributed by atoms with E-state index in [0.717, 1.165) is 29.4 Å². The number of amides is 2. The molecule has 2 saturated heterocycles. The standard InChI is InChI=1S/C22H27N3O3/c26-21(16-19-6-3-5-18-4-1-2-7-20(18)19)24-8-10-25(11-9-24)22(27)17-23-12-14-28-15-13-23/h1-7H,8-17H2. The van der Waals surface area contributed by atoms with Crippen molar-refractivity contribution in [1.82, 2.24) is 14.7 Å². The molecule has 0 N–H and O–H groups in total. The summed E-state index contributed by atoms with van der Waals surface area (Å²) in [5.41, 5.74) is 1.06. The van der Waals surface area contributed by atoms with Crippen LogP contribution >= 0.6 is 0 Å². The van der Waals surface area contributed by atoms with Gasteiger partial charge in [0.25, 0.3) is 0 Å². The van der Waals surface area contributed by atoms with Gasteiger partial charge in [-0.2, -0.15) is 0 Å². The Bertz CT molecular complexity index is 835. The highest BCUT2D eigenvalue weighted by Gasteiger charge is 2.25. The molecular formula is C22H27N3O3. The third-order valence-electron chi connectivity index (χ3n) is 5.67. The quantitative estimate of drug-likeness (QED) is 0.803. The van der Waals surface area contributed by atoms with Crippen molar-refractivity contribution in [3.05, 3.63) is 48.0 Å². The lowest BCUT2D eigenvalue weighted by Crippen LogP contribution is -2.53. The number of hydrogen-bond donors (Lipinski definition) is 0. The van der Waals surface area contributed by atoms with E-state index in [1.54, 1.807) is 0 Å². The summed E-state index contributed by atoms with van der Waals surface area (Å²) in [4.78, 5) is 31.2. The van der Waals surface area contributed by atoms with E-state index in [1.807, 2.05) is 34.1 Å². The van der Waals surface area contributed by atoms with Gasteiger partial charge in [-0.15, -0.1) is 0 Å². The van der Waals surface area contributed by atoms with Crippen LogP contribution in [0.1, 0.15) is 5.56 Å².